The molecule has 2 aromatic rings. The molecule has 98 valence electrons. The fourth-order valence-electron chi connectivity index (χ4n) is 2.88. The van der Waals surface area contributed by atoms with Crippen molar-refractivity contribution in [1.29, 1.82) is 0 Å². The Balaban J connectivity index is 1.75. The molecule has 0 aromatic heterocycles. The van der Waals surface area contributed by atoms with E-state index in [2.05, 4.69) is 70.6 Å². The van der Waals surface area contributed by atoms with Crippen LogP contribution in [0.1, 0.15) is 23.1 Å². The van der Waals surface area contributed by atoms with Crippen LogP contribution >= 0.6 is 15.9 Å². The number of benzene rings is 2. The first-order valence-electron chi connectivity index (χ1n) is 6.81. The average molecular weight is 316 g/mol. The summed E-state index contributed by atoms with van der Waals surface area (Å²) in [4.78, 5) is 0. The summed E-state index contributed by atoms with van der Waals surface area (Å²) in [6, 6.07) is 15.9. The highest BCUT2D eigenvalue weighted by Crippen LogP contribution is 2.25. The van der Waals surface area contributed by atoms with Crippen molar-refractivity contribution in [2.45, 2.75) is 32.2 Å². The van der Waals surface area contributed by atoms with Gasteiger partial charge in [0.2, 0.25) is 0 Å². The molecule has 2 aromatic carbocycles. The molecule has 1 aliphatic carbocycles. The first-order chi connectivity index (χ1) is 9.20. The SMILES string of the molecule is Cc1cc(Br)cc(NC2CCc3ccccc3C2)c1. The van der Waals surface area contributed by atoms with E-state index in [0.29, 0.717) is 6.04 Å². The second-order valence-corrected chi connectivity index (χ2v) is 6.29. The summed E-state index contributed by atoms with van der Waals surface area (Å²) in [6.45, 7) is 2.13. The van der Waals surface area contributed by atoms with E-state index in [1.807, 2.05) is 0 Å². The zero-order valence-electron chi connectivity index (χ0n) is 11.1. The molecular weight excluding hydrogens is 298 g/mol. The predicted molar refractivity (Wildman–Crippen MR) is 84.8 cm³/mol. The maximum Gasteiger partial charge on any atom is 0.0356 e. The van der Waals surface area contributed by atoms with Gasteiger partial charge in [-0.05, 0) is 61.1 Å². The highest BCUT2D eigenvalue weighted by molar-refractivity contribution is 9.10. The van der Waals surface area contributed by atoms with Crippen molar-refractivity contribution in [3.8, 4) is 0 Å². The average Bonchev–Trinajstić information content (AvgIpc) is 2.37. The topological polar surface area (TPSA) is 12.0 Å². The standard InChI is InChI=1S/C17H18BrN/c1-12-8-15(18)11-17(9-12)19-16-7-6-13-4-2-3-5-14(13)10-16/h2-5,8-9,11,16,19H,6-7,10H2,1H3. The third kappa shape index (κ3) is 3.01. The first-order valence-corrected chi connectivity index (χ1v) is 7.60. The van der Waals surface area contributed by atoms with Crippen LogP contribution in [0, 0.1) is 6.92 Å². The molecule has 0 fully saturated rings. The summed E-state index contributed by atoms with van der Waals surface area (Å²) in [5.41, 5.74) is 5.52. The Kier molecular flexibility index (Phi) is 3.61. The highest BCUT2D eigenvalue weighted by atomic mass is 79.9. The van der Waals surface area contributed by atoms with Gasteiger partial charge in [0, 0.05) is 16.2 Å². The van der Waals surface area contributed by atoms with Crippen LogP contribution in [-0.4, -0.2) is 6.04 Å². The fourth-order valence-corrected chi connectivity index (χ4v) is 3.48. The molecule has 0 saturated heterocycles. The van der Waals surface area contributed by atoms with Crippen molar-refractivity contribution in [1.82, 2.24) is 0 Å². The molecule has 0 radical (unpaired) electrons. The Hall–Kier alpha value is -1.28. The third-order valence-electron chi connectivity index (χ3n) is 3.76. The van der Waals surface area contributed by atoms with Crippen molar-refractivity contribution in [2.24, 2.45) is 0 Å². The number of rotatable bonds is 2. The fraction of sp³-hybridized carbons (Fsp3) is 0.294. The summed E-state index contributed by atoms with van der Waals surface area (Å²) in [7, 11) is 0. The molecule has 0 amide bonds. The molecule has 1 nitrogen and oxygen atoms in total. The van der Waals surface area contributed by atoms with Gasteiger partial charge in [0.25, 0.3) is 0 Å². The molecule has 0 spiro atoms. The normalized spacial score (nSPS) is 17.9. The summed E-state index contributed by atoms with van der Waals surface area (Å²) < 4.78 is 1.14. The predicted octanol–water partition coefficient (Wildman–Crippen LogP) is 4.73. The minimum absolute atomic E-state index is 0.545. The molecule has 1 N–H and O–H groups in total. The van der Waals surface area contributed by atoms with Crippen molar-refractivity contribution in [3.05, 3.63) is 63.6 Å². The molecule has 0 saturated carbocycles. The van der Waals surface area contributed by atoms with E-state index in [1.54, 1.807) is 0 Å². The van der Waals surface area contributed by atoms with Gasteiger partial charge < -0.3 is 5.32 Å². The quantitative estimate of drug-likeness (QED) is 0.845. The minimum atomic E-state index is 0.545. The Morgan fingerprint density at radius 3 is 2.68 bits per heavy atom. The Morgan fingerprint density at radius 1 is 1.11 bits per heavy atom. The number of hydrogen-bond acceptors (Lipinski definition) is 1. The van der Waals surface area contributed by atoms with Crippen LogP contribution in [0.5, 0.6) is 0 Å². The van der Waals surface area contributed by atoms with Crippen LogP contribution in [0.4, 0.5) is 5.69 Å². The number of fused-ring (bicyclic) bond motifs is 1. The van der Waals surface area contributed by atoms with Crippen LogP contribution in [0.3, 0.4) is 0 Å². The maximum absolute atomic E-state index is 3.67. The molecule has 1 aliphatic rings. The molecule has 1 unspecified atom stereocenters. The van der Waals surface area contributed by atoms with Crippen molar-refractivity contribution < 1.29 is 0 Å². The number of aryl methyl sites for hydroxylation is 2. The van der Waals surface area contributed by atoms with Gasteiger partial charge in [-0.1, -0.05) is 40.2 Å². The second kappa shape index (κ2) is 5.38. The van der Waals surface area contributed by atoms with E-state index in [0.717, 1.165) is 10.9 Å². The lowest BCUT2D eigenvalue weighted by molar-refractivity contribution is 0.611. The molecular formula is C17H18BrN. The largest absolute Gasteiger partial charge is 0.382 e. The van der Waals surface area contributed by atoms with Gasteiger partial charge in [-0.2, -0.15) is 0 Å². The lowest BCUT2D eigenvalue weighted by Crippen LogP contribution is -2.27. The van der Waals surface area contributed by atoms with Gasteiger partial charge >= 0.3 is 0 Å². The number of anilines is 1. The first kappa shape index (κ1) is 12.7. The lowest BCUT2D eigenvalue weighted by Gasteiger charge is -2.26. The number of halogens is 1. The summed E-state index contributed by atoms with van der Waals surface area (Å²) in [6.07, 6.45) is 3.52. The van der Waals surface area contributed by atoms with Crippen molar-refractivity contribution in [2.75, 3.05) is 5.32 Å². The minimum Gasteiger partial charge on any atom is -0.382 e. The van der Waals surface area contributed by atoms with Crippen LogP contribution in [0.2, 0.25) is 0 Å². The van der Waals surface area contributed by atoms with Gasteiger partial charge in [0.05, 0.1) is 0 Å². The summed E-state index contributed by atoms with van der Waals surface area (Å²) in [5, 5.41) is 3.67. The van der Waals surface area contributed by atoms with Crippen LogP contribution in [0.25, 0.3) is 0 Å². The molecule has 1 atom stereocenters. The summed E-state index contributed by atoms with van der Waals surface area (Å²) >= 11 is 3.56. The van der Waals surface area contributed by atoms with Crippen LogP contribution in [0.15, 0.2) is 46.9 Å². The monoisotopic (exact) mass is 315 g/mol. The van der Waals surface area contributed by atoms with Gasteiger partial charge in [0.1, 0.15) is 0 Å². The van der Waals surface area contributed by atoms with Crippen LogP contribution in [-0.2, 0) is 12.8 Å². The van der Waals surface area contributed by atoms with E-state index in [1.165, 1.54) is 35.2 Å². The van der Waals surface area contributed by atoms with Gasteiger partial charge in [-0.3, -0.25) is 0 Å². The second-order valence-electron chi connectivity index (χ2n) is 5.37. The maximum atomic E-state index is 3.67. The Bertz CT molecular complexity index is 571. The molecule has 0 bridgehead atoms. The van der Waals surface area contributed by atoms with E-state index >= 15 is 0 Å². The number of nitrogens with one attached hydrogen (secondary N) is 1. The third-order valence-corrected chi connectivity index (χ3v) is 4.22. The molecule has 0 heterocycles. The van der Waals surface area contributed by atoms with Gasteiger partial charge in [-0.25, -0.2) is 0 Å². The molecule has 19 heavy (non-hydrogen) atoms. The van der Waals surface area contributed by atoms with Gasteiger partial charge in [0.15, 0.2) is 0 Å². The van der Waals surface area contributed by atoms with Crippen molar-refractivity contribution >= 4 is 21.6 Å². The lowest BCUT2D eigenvalue weighted by atomic mass is 9.88. The van der Waals surface area contributed by atoms with Crippen molar-refractivity contribution in [3.63, 3.8) is 0 Å². The highest BCUT2D eigenvalue weighted by Gasteiger charge is 2.17. The Morgan fingerprint density at radius 2 is 1.89 bits per heavy atom. The molecule has 3 rings (SSSR count). The van der Waals surface area contributed by atoms with Gasteiger partial charge in [-0.15, -0.1) is 0 Å². The van der Waals surface area contributed by atoms with E-state index in [9.17, 15) is 0 Å². The van der Waals surface area contributed by atoms with E-state index in [-0.39, 0.29) is 0 Å². The zero-order chi connectivity index (χ0) is 13.2. The van der Waals surface area contributed by atoms with E-state index < -0.39 is 0 Å². The smallest absolute Gasteiger partial charge is 0.0356 e. The van der Waals surface area contributed by atoms with E-state index in [4.69, 9.17) is 0 Å². The Labute approximate surface area is 123 Å². The molecule has 0 aliphatic heterocycles. The van der Waals surface area contributed by atoms with Crippen LogP contribution < -0.4 is 5.32 Å². The zero-order valence-corrected chi connectivity index (χ0v) is 12.7. The summed E-state index contributed by atoms with van der Waals surface area (Å²) in [5.74, 6) is 0. The molecule has 2 heteroatoms. The number of hydrogen-bond donors (Lipinski definition) is 1.